The lowest BCUT2D eigenvalue weighted by Crippen LogP contribution is -2.25. The van der Waals surface area contributed by atoms with Crippen LogP contribution in [0.2, 0.25) is 0 Å². The van der Waals surface area contributed by atoms with Gasteiger partial charge < -0.3 is 19.5 Å². The Morgan fingerprint density at radius 3 is 2.46 bits per heavy atom. The number of benzene rings is 2. The van der Waals surface area contributed by atoms with Crippen LogP contribution in [0, 0.1) is 0 Å². The average molecular weight is 380 g/mol. The van der Waals surface area contributed by atoms with Gasteiger partial charge >= 0.3 is 5.97 Å². The molecule has 7 nitrogen and oxygen atoms in total. The molecule has 1 heterocycles. The zero-order valence-electron chi connectivity index (χ0n) is 15.8. The summed E-state index contributed by atoms with van der Waals surface area (Å²) in [5.41, 5.74) is 2.30. The molecular formula is C21H20N2O5. The molecule has 0 fully saturated rings. The summed E-state index contributed by atoms with van der Waals surface area (Å²) in [6, 6.07) is 14.3. The fourth-order valence-corrected chi connectivity index (χ4v) is 2.77. The van der Waals surface area contributed by atoms with Crippen LogP contribution in [0.15, 0.2) is 48.5 Å². The van der Waals surface area contributed by atoms with Gasteiger partial charge in [0.2, 0.25) is 0 Å². The highest BCUT2D eigenvalue weighted by Gasteiger charge is 2.17. The molecule has 0 aliphatic rings. The van der Waals surface area contributed by atoms with Gasteiger partial charge in [0, 0.05) is 18.0 Å². The quantitative estimate of drug-likeness (QED) is 0.662. The molecule has 28 heavy (non-hydrogen) atoms. The maximum absolute atomic E-state index is 12.6. The first-order valence-corrected chi connectivity index (χ1v) is 8.57. The van der Waals surface area contributed by atoms with E-state index in [1.54, 1.807) is 38.5 Å². The van der Waals surface area contributed by atoms with E-state index in [0.29, 0.717) is 33.7 Å². The summed E-state index contributed by atoms with van der Waals surface area (Å²) in [6.07, 6.45) is 0. The highest BCUT2D eigenvalue weighted by molar-refractivity contribution is 6.05. The Kier molecular flexibility index (Phi) is 5.74. The summed E-state index contributed by atoms with van der Waals surface area (Å²) in [6.45, 7) is -0.350. The van der Waals surface area contributed by atoms with Gasteiger partial charge in [0.25, 0.3) is 5.91 Å². The molecule has 0 saturated heterocycles. The van der Waals surface area contributed by atoms with Crippen molar-refractivity contribution in [3.63, 3.8) is 0 Å². The van der Waals surface area contributed by atoms with E-state index in [1.807, 2.05) is 24.3 Å². The predicted octanol–water partition coefficient (Wildman–Crippen LogP) is 2.82. The molecule has 2 aromatic carbocycles. The van der Waals surface area contributed by atoms with Crippen LogP contribution in [0.3, 0.4) is 0 Å². The van der Waals surface area contributed by atoms with Crippen molar-refractivity contribution in [2.24, 2.45) is 0 Å². The summed E-state index contributed by atoms with van der Waals surface area (Å²) in [5, 5.41) is 3.06. The molecule has 7 heteroatoms. The third-order valence-electron chi connectivity index (χ3n) is 4.23. The molecule has 3 aromatic rings. The first-order valence-electron chi connectivity index (χ1n) is 8.57. The minimum atomic E-state index is -0.594. The Bertz CT molecular complexity index is 1030. The van der Waals surface area contributed by atoms with Crippen molar-refractivity contribution in [3.05, 3.63) is 54.1 Å². The van der Waals surface area contributed by atoms with Crippen LogP contribution in [0.5, 0.6) is 11.5 Å². The van der Waals surface area contributed by atoms with Crippen LogP contribution in [0.1, 0.15) is 10.4 Å². The molecule has 0 bridgehead atoms. The number of carbonyl (C=O) groups is 2. The summed E-state index contributed by atoms with van der Waals surface area (Å²) in [5.74, 6) is 0.173. The molecule has 0 saturated carbocycles. The molecular weight excluding hydrogens is 360 g/mol. The number of nitrogens with one attached hydrogen (secondary N) is 1. The number of likely N-dealkylation sites (N-methyl/N-ethyl adjacent to an activating group) is 1. The van der Waals surface area contributed by atoms with Crippen LogP contribution in [-0.2, 0) is 9.53 Å². The number of ether oxygens (including phenoxy) is 3. The first-order chi connectivity index (χ1) is 13.6. The number of esters is 1. The van der Waals surface area contributed by atoms with E-state index >= 15 is 0 Å². The topological polar surface area (TPSA) is 86.8 Å². The number of hydrogen-bond donors (Lipinski definition) is 1. The normalized spacial score (nSPS) is 10.4. The fourth-order valence-electron chi connectivity index (χ4n) is 2.77. The third-order valence-corrected chi connectivity index (χ3v) is 4.23. The van der Waals surface area contributed by atoms with E-state index in [2.05, 4.69) is 10.3 Å². The predicted molar refractivity (Wildman–Crippen MR) is 105 cm³/mol. The molecule has 1 aromatic heterocycles. The second-order valence-corrected chi connectivity index (χ2v) is 5.89. The molecule has 0 atom stereocenters. The molecule has 0 unspecified atom stereocenters. The van der Waals surface area contributed by atoms with Crippen molar-refractivity contribution >= 4 is 22.8 Å². The number of aromatic nitrogens is 1. The molecule has 3 rings (SSSR count). The van der Waals surface area contributed by atoms with Crippen molar-refractivity contribution < 1.29 is 23.8 Å². The van der Waals surface area contributed by atoms with E-state index in [-0.39, 0.29) is 12.5 Å². The second-order valence-electron chi connectivity index (χ2n) is 5.89. The highest BCUT2D eigenvalue weighted by Crippen LogP contribution is 2.33. The number of methoxy groups -OCH3 is 2. The van der Waals surface area contributed by atoms with Gasteiger partial charge in [0.1, 0.15) is 0 Å². The average Bonchev–Trinajstić information content (AvgIpc) is 2.75. The summed E-state index contributed by atoms with van der Waals surface area (Å²) < 4.78 is 15.8. The molecule has 1 N–H and O–H groups in total. The number of carbonyl (C=O) groups excluding carboxylic acids is 2. The van der Waals surface area contributed by atoms with Crippen LogP contribution < -0.4 is 14.8 Å². The van der Waals surface area contributed by atoms with Crippen LogP contribution in [0.4, 0.5) is 0 Å². The molecule has 0 radical (unpaired) electrons. The fraction of sp³-hybridized carbons (Fsp3) is 0.190. The van der Waals surface area contributed by atoms with E-state index < -0.39 is 5.97 Å². The molecule has 1 amide bonds. The van der Waals surface area contributed by atoms with Crippen molar-refractivity contribution in [1.82, 2.24) is 10.3 Å². The van der Waals surface area contributed by atoms with Crippen molar-refractivity contribution in [2.45, 2.75) is 0 Å². The number of para-hydroxylation sites is 1. The number of rotatable bonds is 6. The lowest BCUT2D eigenvalue weighted by molar-refractivity contribution is -0.123. The highest BCUT2D eigenvalue weighted by atomic mass is 16.5. The van der Waals surface area contributed by atoms with Gasteiger partial charge in [-0.15, -0.1) is 0 Å². The minimum absolute atomic E-state index is 0.333. The lowest BCUT2D eigenvalue weighted by atomic mass is 10.0. The first kappa shape index (κ1) is 19.2. The van der Waals surface area contributed by atoms with E-state index in [1.165, 1.54) is 7.05 Å². The Morgan fingerprint density at radius 1 is 1.00 bits per heavy atom. The smallest absolute Gasteiger partial charge is 0.339 e. The maximum atomic E-state index is 12.6. The van der Waals surface area contributed by atoms with E-state index in [0.717, 1.165) is 5.56 Å². The van der Waals surface area contributed by atoms with Crippen LogP contribution >= 0.6 is 0 Å². The Hall–Kier alpha value is -3.61. The molecule has 144 valence electrons. The zero-order chi connectivity index (χ0) is 20.1. The minimum Gasteiger partial charge on any atom is -0.493 e. The Morgan fingerprint density at radius 2 is 1.75 bits per heavy atom. The maximum Gasteiger partial charge on any atom is 0.339 e. The number of amides is 1. The van der Waals surface area contributed by atoms with Gasteiger partial charge in [-0.2, -0.15) is 0 Å². The van der Waals surface area contributed by atoms with Gasteiger partial charge in [-0.3, -0.25) is 4.79 Å². The van der Waals surface area contributed by atoms with Crippen LogP contribution in [0.25, 0.3) is 22.2 Å². The lowest BCUT2D eigenvalue weighted by Gasteiger charge is -2.12. The molecule has 0 aliphatic carbocycles. The Labute approximate surface area is 162 Å². The van der Waals surface area contributed by atoms with E-state index in [9.17, 15) is 9.59 Å². The summed E-state index contributed by atoms with van der Waals surface area (Å²) in [4.78, 5) is 28.7. The van der Waals surface area contributed by atoms with Crippen molar-refractivity contribution in [3.8, 4) is 22.8 Å². The van der Waals surface area contributed by atoms with Gasteiger partial charge in [-0.1, -0.05) is 18.2 Å². The molecule has 0 spiro atoms. The van der Waals surface area contributed by atoms with Crippen LogP contribution in [-0.4, -0.2) is 44.7 Å². The number of fused-ring (bicyclic) bond motifs is 1. The van der Waals surface area contributed by atoms with Crippen molar-refractivity contribution in [2.75, 3.05) is 27.9 Å². The van der Waals surface area contributed by atoms with Gasteiger partial charge in [0.15, 0.2) is 18.1 Å². The largest absolute Gasteiger partial charge is 0.493 e. The SMILES string of the molecule is CNC(=O)COC(=O)c1cc(-c2ccc(OC)c(OC)c2)nc2ccccc12. The summed E-state index contributed by atoms with van der Waals surface area (Å²) in [7, 11) is 4.59. The standard InChI is InChI=1S/C21H20N2O5/c1-22-20(24)12-28-21(25)15-11-17(23-16-7-5-4-6-14(15)16)13-8-9-18(26-2)19(10-13)27-3/h4-11H,12H2,1-3H3,(H,22,24). The van der Waals surface area contributed by atoms with Gasteiger partial charge in [0.05, 0.1) is 31.0 Å². The third kappa shape index (κ3) is 3.88. The number of nitrogens with zero attached hydrogens (tertiary/aromatic N) is 1. The monoisotopic (exact) mass is 380 g/mol. The van der Waals surface area contributed by atoms with Gasteiger partial charge in [-0.05, 0) is 30.3 Å². The second kappa shape index (κ2) is 8.39. The number of pyridine rings is 1. The Balaban J connectivity index is 2.07. The van der Waals surface area contributed by atoms with Crippen molar-refractivity contribution in [1.29, 1.82) is 0 Å². The molecule has 0 aliphatic heterocycles. The van der Waals surface area contributed by atoms with Gasteiger partial charge in [-0.25, -0.2) is 9.78 Å². The summed E-state index contributed by atoms with van der Waals surface area (Å²) >= 11 is 0. The number of hydrogen-bond acceptors (Lipinski definition) is 6. The zero-order valence-corrected chi connectivity index (χ0v) is 15.8. The van der Waals surface area contributed by atoms with E-state index in [4.69, 9.17) is 14.2 Å².